The van der Waals surface area contributed by atoms with Crippen LogP contribution in [0.25, 0.3) is 0 Å². The van der Waals surface area contributed by atoms with Gasteiger partial charge in [-0.15, -0.1) is 0 Å². The van der Waals surface area contributed by atoms with Crippen molar-refractivity contribution in [2.75, 3.05) is 20.3 Å². The van der Waals surface area contributed by atoms with E-state index in [2.05, 4.69) is 5.09 Å². The number of hydrogen-bond acceptors (Lipinski definition) is 10. The Morgan fingerprint density at radius 2 is 1.80 bits per heavy atom. The lowest BCUT2D eigenvalue weighted by molar-refractivity contribution is -0.231. The molecule has 0 saturated carbocycles. The highest BCUT2D eigenvalue weighted by atomic mass is 31.2. The lowest BCUT2D eigenvalue weighted by Crippen LogP contribution is -2.46. The quantitative estimate of drug-likeness (QED) is 0.132. The van der Waals surface area contributed by atoms with E-state index in [0.29, 0.717) is 12.0 Å². The Labute approximate surface area is 258 Å². The fourth-order valence-electron chi connectivity index (χ4n) is 4.17. The van der Waals surface area contributed by atoms with Gasteiger partial charge in [0, 0.05) is 18.9 Å². The molecule has 240 valence electrons. The van der Waals surface area contributed by atoms with Crippen molar-refractivity contribution in [3.05, 3.63) is 89.8 Å². The van der Waals surface area contributed by atoms with Crippen molar-refractivity contribution in [1.29, 1.82) is 0 Å². The second-order valence-corrected chi connectivity index (χ2v) is 12.5. The zero-order valence-corrected chi connectivity index (χ0v) is 26.6. The normalized spacial score (nSPS) is 16.8. The van der Waals surface area contributed by atoms with E-state index in [1.54, 1.807) is 47.6 Å². The molecule has 0 spiro atoms. The van der Waals surface area contributed by atoms with E-state index in [-0.39, 0.29) is 25.5 Å². The van der Waals surface area contributed by atoms with E-state index in [4.69, 9.17) is 29.0 Å². The Bertz CT molecular complexity index is 1340. The number of aliphatic hydroxyl groups is 1. The third-order valence-corrected chi connectivity index (χ3v) is 8.05. The van der Waals surface area contributed by atoms with E-state index in [1.165, 1.54) is 27.9 Å². The summed E-state index contributed by atoms with van der Waals surface area (Å²) < 4.78 is 42.7. The van der Waals surface area contributed by atoms with Gasteiger partial charge >= 0.3 is 13.7 Å². The van der Waals surface area contributed by atoms with E-state index in [0.717, 1.165) is 11.1 Å². The third-order valence-electron chi connectivity index (χ3n) is 6.41. The number of methoxy groups -OCH3 is 1. The number of hydrogen-bond donors (Lipinski definition) is 3. The standard InChI is InChI=1S/C31H42N3O9P/c1-22-13-15-26(16-14-22)43-44(38,33-23(2)30(36)40-20-24-10-7-6-8-11-24)41-21-28(39-5)27(42-31(3,4)37)19-34-17-9-12-25(18-34)29(32)35/h6-11,13-18,23,27-28,37H,12,19-21H2,1-5H3,(H2,32,35)(H,33,38)/t23?,27-,28?,44?/m0/s1. The van der Waals surface area contributed by atoms with Crippen LogP contribution in [0.2, 0.25) is 0 Å². The average molecular weight is 632 g/mol. The highest BCUT2D eigenvalue weighted by Gasteiger charge is 2.36. The molecule has 44 heavy (non-hydrogen) atoms. The van der Waals surface area contributed by atoms with Crippen LogP contribution in [0.15, 0.2) is 78.6 Å². The van der Waals surface area contributed by atoms with Gasteiger partial charge in [0.2, 0.25) is 5.91 Å². The van der Waals surface area contributed by atoms with E-state index >= 15 is 0 Å². The highest BCUT2D eigenvalue weighted by Crippen LogP contribution is 2.45. The van der Waals surface area contributed by atoms with Crippen molar-refractivity contribution in [3.63, 3.8) is 0 Å². The predicted molar refractivity (Wildman–Crippen MR) is 164 cm³/mol. The van der Waals surface area contributed by atoms with Gasteiger partial charge in [0.05, 0.1) is 13.2 Å². The maximum absolute atomic E-state index is 14.1. The molecule has 3 unspecified atom stereocenters. The highest BCUT2D eigenvalue weighted by molar-refractivity contribution is 7.52. The average Bonchev–Trinajstić information content (AvgIpc) is 2.97. The molecule has 3 rings (SSSR count). The Kier molecular flexibility index (Phi) is 12.7. The molecule has 0 radical (unpaired) electrons. The Hall–Kier alpha value is -3.51. The van der Waals surface area contributed by atoms with Gasteiger partial charge in [-0.05, 0) is 58.0 Å². The minimum absolute atomic E-state index is 0.0360. The molecule has 1 aliphatic heterocycles. The van der Waals surface area contributed by atoms with Gasteiger partial charge in [-0.25, -0.2) is 4.57 Å². The molecule has 0 fully saturated rings. The molecule has 1 amide bonds. The molecule has 4 atom stereocenters. The van der Waals surface area contributed by atoms with Gasteiger partial charge in [0.25, 0.3) is 0 Å². The number of rotatable bonds is 17. The topological polar surface area (TPSA) is 159 Å². The fraction of sp³-hybridized carbons (Fsp3) is 0.419. The SMILES string of the molecule is COC(COP(=O)(NC(C)C(=O)OCc1ccccc1)Oc1ccc(C)cc1)[C@H](CN1C=CCC(C(N)=O)=C1)OC(C)(C)O. The Morgan fingerprint density at radius 3 is 2.41 bits per heavy atom. The van der Waals surface area contributed by atoms with Crippen LogP contribution < -0.4 is 15.3 Å². The molecule has 13 heteroatoms. The molecular formula is C31H42N3O9P. The number of esters is 1. The van der Waals surface area contributed by atoms with Gasteiger partial charge in [-0.3, -0.25) is 14.1 Å². The number of primary amides is 1. The largest absolute Gasteiger partial charge is 0.460 e. The number of nitrogens with zero attached hydrogens (tertiary/aromatic N) is 1. The number of ether oxygens (including phenoxy) is 3. The smallest absolute Gasteiger partial charge is 0.459 e. The van der Waals surface area contributed by atoms with Crippen molar-refractivity contribution in [1.82, 2.24) is 9.99 Å². The number of aryl methyl sites for hydroxylation is 1. The fourth-order valence-corrected chi connectivity index (χ4v) is 5.67. The number of allylic oxidation sites excluding steroid dienone is 1. The molecule has 12 nitrogen and oxygen atoms in total. The molecule has 0 aliphatic carbocycles. The molecule has 2 aromatic carbocycles. The number of benzene rings is 2. The second kappa shape index (κ2) is 16.0. The zero-order valence-electron chi connectivity index (χ0n) is 25.7. The van der Waals surface area contributed by atoms with E-state index in [1.807, 2.05) is 37.3 Å². The summed E-state index contributed by atoms with van der Waals surface area (Å²) in [5.41, 5.74) is 7.61. The molecule has 0 saturated heterocycles. The summed E-state index contributed by atoms with van der Waals surface area (Å²) in [7, 11) is -2.82. The molecule has 0 bridgehead atoms. The summed E-state index contributed by atoms with van der Waals surface area (Å²) in [6.07, 6.45) is 3.75. The first-order chi connectivity index (χ1) is 20.8. The van der Waals surface area contributed by atoms with Gasteiger partial charge < -0.3 is 34.5 Å². The van der Waals surface area contributed by atoms with E-state index in [9.17, 15) is 19.3 Å². The zero-order chi connectivity index (χ0) is 32.3. The first kappa shape index (κ1) is 35.0. The molecule has 1 heterocycles. The summed E-state index contributed by atoms with van der Waals surface area (Å²) in [4.78, 5) is 26.2. The first-order valence-corrected chi connectivity index (χ1v) is 15.7. The van der Waals surface area contributed by atoms with Crippen LogP contribution in [0.3, 0.4) is 0 Å². The van der Waals surface area contributed by atoms with Crippen LogP contribution in [0.1, 0.15) is 38.3 Å². The van der Waals surface area contributed by atoms with Crippen LogP contribution >= 0.6 is 7.75 Å². The number of carbonyl (C=O) groups excluding carboxylic acids is 2. The minimum atomic E-state index is -4.24. The summed E-state index contributed by atoms with van der Waals surface area (Å²) in [5, 5.41) is 13.1. The van der Waals surface area contributed by atoms with Crippen LogP contribution in [-0.4, -0.2) is 66.2 Å². The molecular weight excluding hydrogens is 589 g/mol. The summed E-state index contributed by atoms with van der Waals surface area (Å²) in [5.74, 6) is -2.54. The van der Waals surface area contributed by atoms with Crippen LogP contribution in [0.4, 0.5) is 0 Å². The molecule has 1 aliphatic rings. The second-order valence-electron chi connectivity index (χ2n) is 10.8. The Balaban J connectivity index is 1.78. The predicted octanol–water partition coefficient (Wildman–Crippen LogP) is 3.94. The lowest BCUT2D eigenvalue weighted by Gasteiger charge is -2.35. The number of amides is 1. The van der Waals surface area contributed by atoms with Crippen LogP contribution in [-0.2, 0) is 39.5 Å². The molecule has 0 aromatic heterocycles. The van der Waals surface area contributed by atoms with Crippen LogP contribution in [0.5, 0.6) is 5.75 Å². The summed E-state index contributed by atoms with van der Waals surface area (Å²) in [6, 6.07) is 14.9. The number of nitrogens with two attached hydrogens (primary N) is 1. The summed E-state index contributed by atoms with van der Waals surface area (Å²) >= 11 is 0. The monoisotopic (exact) mass is 631 g/mol. The van der Waals surface area contributed by atoms with Crippen molar-refractivity contribution in [3.8, 4) is 5.75 Å². The van der Waals surface area contributed by atoms with Crippen molar-refractivity contribution in [2.45, 2.75) is 64.8 Å². The maximum Gasteiger partial charge on any atom is 0.459 e. The van der Waals surface area contributed by atoms with Gasteiger partial charge in [-0.1, -0.05) is 54.1 Å². The minimum Gasteiger partial charge on any atom is -0.460 e. The van der Waals surface area contributed by atoms with Crippen LogP contribution in [0, 0.1) is 6.92 Å². The van der Waals surface area contributed by atoms with Crippen molar-refractivity contribution >= 4 is 19.6 Å². The van der Waals surface area contributed by atoms with Crippen molar-refractivity contribution < 1.29 is 42.5 Å². The first-order valence-electron chi connectivity index (χ1n) is 14.1. The molecule has 2 aromatic rings. The van der Waals surface area contributed by atoms with Crippen molar-refractivity contribution in [2.24, 2.45) is 5.73 Å². The molecule has 4 N–H and O–H groups in total. The van der Waals surface area contributed by atoms with E-state index < -0.39 is 43.7 Å². The number of nitrogens with one attached hydrogen (secondary N) is 1. The third kappa shape index (κ3) is 11.5. The Morgan fingerprint density at radius 1 is 1.11 bits per heavy atom. The summed E-state index contributed by atoms with van der Waals surface area (Å²) in [6.45, 7) is 6.13. The van der Waals surface area contributed by atoms with Gasteiger partial charge in [0.15, 0.2) is 5.79 Å². The maximum atomic E-state index is 14.1. The van der Waals surface area contributed by atoms with Gasteiger partial charge in [0.1, 0.15) is 30.6 Å². The lowest BCUT2D eigenvalue weighted by atomic mass is 10.1. The van der Waals surface area contributed by atoms with Gasteiger partial charge in [-0.2, -0.15) is 5.09 Å². The number of carbonyl (C=O) groups is 2.